The van der Waals surface area contributed by atoms with Crippen LogP contribution in [-0.4, -0.2) is 0 Å². The van der Waals surface area contributed by atoms with Crippen LogP contribution in [0, 0.1) is 5.92 Å². The molecule has 0 amide bonds. The van der Waals surface area contributed by atoms with E-state index in [0.29, 0.717) is 0 Å². The Labute approximate surface area is 66.6 Å². The third-order valence-corrected chi connectivity index (χ3v) is 0. The normalized spacial score (nSPS) is 6.00. The molecule has 0 nitrogen and oxygen atoms in total. The van der Waals surface area contributed by atoms with E-state index >= 15 is 0 Å². The summed E-state index contributed by atoms with van der Waals surface area (Å²) in [5.41, 5.74) is 0. The van der Waals surface area contributed by atoms with Gasteiger partial charge in [-0.3, -0.25) is 0 Å². The minimum absolute atomic E-state index is 0. The van der Waals surface area contributed by atoms with Crippen molar-refractivity contribution < 1.29 is 32.7 Å². The molecule has 0 aliphatic heterocycles. The molecular weight excluding hydrogens is 149 g/mol. The summed E-state index contributed by atoms with van der Waals surface area (Å²) in [5.74, 6) is 1.42. The molecular formula is C5H13Y-. The van der Waals surface area contributed by atoms with Gasteiger partial charge < -0.3 is 5.92 Å². The Morgan fingerprint density at radius 3 is 1.00 bits per heavy atom. The molecule has 1 radical (unpaired) electrons. The van der Waals surface area contributed by atoms with E-state index in [-0.39, 0.29) is 40.1 Å². The van der Waals surface area contributed by atoms with Gasteiger partial charge in [0.1, 0.15) is 0 Å². The quantitative estimate of drug-likeness (QED) is 0.479. The van der Waals surface area contributed by atoms with Crippen LogP contribution >= 0.6 is 0 Å². The summed E-state index contributed by atoms with van der Waals surface area (Å²) >= 11 is 0. The Morgan fingerprint density at radius 2 is 1.00 bits per heavy atom. The van der Waals surface area contributed by atoms with Crippen molar-refractivity contribution in [1.82, 2.24) is 0 Å². The van der Waals surface area contributed by atoms with Gasteiger partial charge >= 0.3 is 0 Å². The Bertz CT molecular complexity index is 8.66. The topological polar surface area (TPSA) is 0 Å². The predicted octanol–water partition coefficient (Wildman–Crippen LogP) is 2.25. The molecule has 0 saturated heterocycles. The first-order valence-corrected chi connectivity index (χ1v) is 1.50. The van der Waals surface area contributed by atoms with Crippen LogP contribution in [0.15, 0.2) is 0 Å². The van der Waals surface area contributed by atoms with Gasteiger partial charge in [-0.15, -0.1) is 0 Å². The summed E-state index contributed by atoms with van der Waals surface area (Å²) in [6.45, 7) is 6.25. The first-order valence-electron chi connectivity index (χ1n) is 1.50. The minimum atomic E-state index is 0. The third kappa shape index (κ3) is 70.5. The van der Waals surface area contributed by atoms with E-state index in [9.17, 15) is 0 Å². The third-order valence-electron chi connectivity index (χ3n) is 0. The Morgan fingerprint density at radius 1 is 1.00 bits per heavy atom. The van der Waals surface area contributed by atoms with Crippen LogP contribution in [-0.2, 0) is 32.7 Å². The van der Waals surface area contributed by atoms with Gasteiger partial charge in [-0.05, 0) is 0 Å². The molecule has 0 aromatic heterocycles. The van der Waals surface area contributed by atoms with Crippen molar-refractivity contribution in [2.75, 3.05) is 0 Å². The number of hydrogen-bond donors (Lipinski definition) is 0. The molecule has 0 aliphatic carbocycles. The molecule has 0 aromatic carbocycles. The van der Waals surface area contributed by atoms with Gasteiger partial charge in [0.2, 0.25) is 0 Å². The Kier molecular flexibility index (Phi) is 24.7. The fourth-order valence-electron chi connectivity index (χ4n) is 0. The summed E-state index contributed by atoms with van der Waals surface area (Å²) in [6.07, 6.45) is 0. The zero-order valence-electron chi connectivity index (χ0n) is 4.08. The summed E-state index contributed by atoms with van der Waals surface area (Å²) < 4.78 is 0. The van der Waals surface area contributed by atoms with E-state index in [1.54, 1.807) is 0 Å². The average Bonchev–Trinajstić information content (AvgIpc) is 0.811. The van der Waals surface area contributed by atoms with E-state index in [1.807, 2.05) is 0 Å². The molecule has 37 valence electrons. The molecule has 6 heavy (non-hydrogen) atoms. The summed E-state index contributed by atoms with van der Waals surface area (Å²) in [4.78, 5) is 0. The minimum Gasteiger partial charge on any atom is -0.323 e. The molecule has 0 aliphatic rings. The Hall–Kier alpha value is 1.10. The van der Waals surface area contributed by atoms with E-state index in [2.05, 4.69) is 20.8 Å². The average molecular weight is 162 g/mol. The fourth-order valence-corrected chi connectivity index (χ4v) is 0. The largest absolute Gasteiger partial charge is 0.323 e. The number of hydrogen-bond acceptors (Lipinski definition) is 0. The molecule has 0 spiro atoms. The van der Waals surface area contributed by atoms with Crippen molar-refractivity contribution in [2.45, 2.75) is 28.2 Å². The molecule has 0 N–H and O–H groups in total. The maximum atomic E-state index is 2.08. The molecule has 0 aromatic rings. The zero-order chi connectivity index (χ0) is 3.58. The van der Waals surface area contributed by atoms with E-state index < -0.39 is 0 Å². The summed E-state index contributed by atoms with van der Waals surface area (Å²) in [7, 11) is 0. The van der Waals surface area contributed by atoms with Gasteiger partial charge in [0.05, 0.1) is 0 Å². The van der Waals surface area contributed by atoms with Gasteiger partial charge in [-0.2, -0.15) is 20.8 Å². The standard InChI is InChI=1S/C4H9.CH4.Y/c1-4(2)3;;/h1-3H3;1H4;/q-1;;. The van der Waals surface area contributed by atoms with Crippen molar-refractivity contribution in [3.05, 3.63) is 5.92 Å². The van der Waals surface area contributed by atoms with Crippen LogP contribution in [0.3, 0.4) is 0 Å². The van der Waals surface area contributed by atoms with E-state index in [1.165, 1.54) is 5.92 Å². The van der Waals surface area contributed by atoms with Gasteiger partial charge in [-0.1, -0.05) is 7.43 Å². The smallest absolute Gasteiger partial charge is 0 e. The molecule has 0 rings (SSSR count). The van der Waals surface area contributed by atoms with Crippen molar-refractivity contribution in [1.29, 1.82) is 0 Å². The maximum Gasteiger partial charge on any atom is 0 e. The summed E-state index contributed by atoms with van der Waals surface area (Å²) in [5, 5.41) is 0. The van der Waals surface area contributed by atoms with E-state index in [4.69, 9.17) is 0 Å². The monoisotopic (exact) mass is 162 g/mol. The second kappa shape index (κ2) is 9.44. The molecule has 0 saturated carbocycles. The van der Waals surface area contributed by atoms with Crippen molar-refractivity contribution in [2.24, 2.45) is 0 Å². The van der Waals surface area contributed by atoms with Gasteiger partial charge in [-0.25, -0.2) is 0 Å². The molecule has 0 atom stereocenters. The van der Waals surface area contributed by atoms with Crippen LogP contribution in [0.1, 0.15) is 28.2 Å². The first kappa shape index (κ1) is 15.7. The van der Waals surface area contributed by atoms with Crippen LogP contribution in [0.5, 0.6) is 0 Å². The zero-order valence-corrected chi connectivity index (χ0v) is 6.92. The molecule has 0 unspecified atom stereocenters. The van der Waals surface area contributed by atoms with Crippen molar-refractivity contribution in [3.63, 3.8) is 0 Å². The second-order valence-corrected chi connectivity index (χ2v) is 1.50. The van der Waals surface area contributed by atoms with Crippen molar-refractivity contribution in [3.8, 4) is 0 Å². The van der Waals surface area contributed by atoms with Crippen molar-refractivity contribution >= 4 is 0 Å². The fraction of sp³-hybridized carbons (Fsp3) is 0.800. The van der Waals surface area contributed by atoms with Crippen LogP contribution < -0.4 is 0 Å². The van der Waals surface area contributed by atoms with Crippen LogP contribution in [0.4, 0.5) is 0 Å². The van der Waals surface area contributed by atoms with Gasteiger partial charge in [0.15, 0.2) is 0 Å². The molecule has 0 bridgehead atoms. The van der Waals surface area contributed by atoms with Crippen LogP contribution in [0.2, 0.25) is 0 Å². The van der Waals surface area contributed by atoms with Crippen LogP contribution in [0.25, 0.3) is 0 Å². The summed E-state index contributed by atoms with van der Waals surface area (Å²) in [6, 6.07) is 0. The Balaban J connectivity index is -0.0000000450. The number of rotatable bonds is 0. The van der Waals surface area contributed by atoms with Gasteiger partial charge in [0.25, 0.3) is 0 Å². The van der Waals surface area contributed by atoms with Gasteiger partial charge in [0, 0.05) is 32.7 Å². The van der Waals surface area contributed by atoms with E-state index in [0.717, 1.165) is 0 Å². The maximum absolute atomic E-state index is 2.08. The molecule has 0 heterocycles. The first-order chi connectivity index (χ1) is 1.73. The molecule has 1 heteroatoms. The molecule has 0 fully saturated rings. The second-order valence-electron chi connectivity index (χ2n) is 1.50. The predicted molar refractivity (Wildman–Crippen MR) is 27.0 cm³/mol. The SMILES string of the molecule is C.C[C-](C)C.[Y].